The molecule has 0 aliphatic carbocycles. The van der Waals surface area contributed by atoms with Crippen LogP contribution in [0.25, 0.3) is 11.0 Å². The third-order valence-corrected chi connectivity index (χ3v) is 6.31. The number of hydrogen-bond acceptors (Lipinski definition) is 5. The molecule has 7 nitrogen and oxygen atoms in total. The van der Waals surface area contributed by atoms with Crippen molar-refractivity contribution < 1.29 is 0 Å². The molecule has 1 aliphatic rings. The molecule has 1 aromatic carbocycles. The Balaban J connectivity index is 1.50. The predicted molar refractivity (Wildman–Crippen MR) is 123 cm³/mol. The van der Waals surface area contributed by atoms with Gasteiger partial charge in [0.05, 0.1) is 29.6 Å². The molecule has 3 aromatic rings. The summed E-state index contributed by atoms with van der Waals surface area (Å²) in [5.74, 6) is 1.47. The summed E-state index contributed by atoms with van der Waals surface area (Å²) in [5.41, 5.74) is 10.7. The summed E-state index contributed by atoms with van der Waals surface area (Å²) in [6.07, 6.45) is 6.14. The van der Waals surface area contributed by atoms with Gasteiger partial charge in [-0.3, -0.25) is 0 Å². The summed E-state index contributed by atoms with van der Waals surface area (Å²) in [4.78, 5) is 12.0. The predicted octanol–water partition coefficient (Wildman–Crippen LogP) is 2.99. The minimum absolute atomic E-state index is 0.250. The number of benzene rings is 1. The number of likely N-dealkylation sites (tertiary alicyclic amines) is 1. The maximum absolute atomic E-state index is 6.28. The Hall–Kier alpha value is -2.38. The van der Waals surface area contributed by atoms with E-state index in [1.54, 1.807) is 0 Å². The van der Waals surface area contributed by atoms with Crippen LogP contribution in [0.2, 0.25) is 0 Å². The minimum Gasteiger partial charge on any atom is -0.353 e. The van der Waals surface area contributed by atoms with Crippen molar-refractivity contribution >= 4 is 17.0 Å². The molecule has 4 rings (SSSR count). The van der Waals surface area contributed by atoms with Crippen LogP contribution >= 0.6 is 0 Å². The first-order valence-electron chi connectivity index (χ1n) is 11.1. The summed E-state index contributed by atoms with van der Waals surface area (Å²) in [7, 11) is 2.00. The number of piperidine rings is 1. The average molecular weight is 410 g/mol. The Morgan fingerprint density at radius 3 is 2.67 bits per heavy atom. The molecule has 30 heavy (non-hydrogen) atoms. The second kappa shape index (κ2) is 8.78. The monoisotopic (exact) mass is 409 g/mol. The van der Waals surface area contributed by atoms with E-state index < -0.39 is 0 Å². The highest BCUT2D eigenvalue weighted by molar-refractivity contribution is 5.82. The summed E-state index contributed by atoms with van der Waals surface area (Å²) in [5, 5.41) is 3.75. The number of aromatic nitrogens is 4. The molecule has 1 aliphatic heterocycles. The molecule has 0 spiro atoms. The number of rotatable bonds is 7. The largest absolute Gasteiger partial charge is 0.353 e. The number of nitrogens with zero attached hydrogens (tertiary/aromatic N) is 5. The summed E-state index contributed by atoms with van der Waals surface area (Å²) >= 11 is 0. The van der Waals surface area contributed by atoms with Crippen molar-refractivity contribution in [3.8, 4) is 0 Å². The summed E-state index contributed by atoms with van der Waals surface area (Å²) in [6.45, 7) is 10.4. The fourth-order valence-electron chi connectivity index (χ4n) is 4.22. The van der Waals surface area contributed by atoms with Crippen LogP contribution in [0.5, 0.6) is 0 Å². The molecular weight excluding hydrogens is 374 g/mol. The maximum atomic E-state index is 6.28. The number of nitrogens with one attached hydrogen (secondary N) is 1. The van der Waals surface area contributed by atoms with Gasteiger partial charge in [0.15, 0.2) is 0 Å². The van der Waals surface area contributed by atoms with Crippen LogP contribution in [0, 0.1) is 12.8 Å². The summed E-state index contributed by atoms with van der Waals surface area (Å²) < 4.78 is 4.26. The average Bonchev–Trinajstić information content (AvgIpc) is 3.28. The second-order valence-corrected chi connectivity index (χ2v) is 9.12. The Labute approximate surface area is 179 Å². The van der Waals surface area contributed by atoms with Crippen molar-refractivity contribution in [1.29, 1.82) is 0 Å². The number of imidazole rings is 2. The molecule has 3 heterocycles. The quantitative estimate of drug-likeness (QED) is 0.627. The molecule has 1 saturated heterocycles. The van der Waals surface area contributed by atoms with E-state index in [0.717, 1.165) is 55.2 Å². The molecule has 1 fully saturated rings. The highest BCUT2D eigenvalue weighted by Crippen LogP contribution is 2.25. The molecule has 3 N–H and O–H groups in total. The van der Waals surface area contributed by atoms with E-state index in [4.69, 9.17) is 10.7 Å². The van der Waals surface area contributed by atoms with E-state index in [-0.39, 0.29) is 6.04 Å². The third-order valence-electron chi connectivity index (χ3n) is 6.31. The maximum Gasteiger partial charge on any atom is 0.204 e. The van der Waals surface area contributed by atoms with Crippen LogP contribution in [0.4, 0.5) is 5.95 Å². The Kier molecular flexibility index (Phi) is 6.11. The van der Waals surface area contributed by atoms with Gasteiger partial charge >= 0.3 is 0 Å². The molecule has 1 unspecified atom stereocenters. The lowest BCUT2D eigenvalue weighted by molar-refractivity contribution is 0.194. The summed E-state index contributed by atoms with van der Waals surface area (Å²) in [6, 6.07) is 7.06. The van der Waals surface area contributed by atoms with Crippen LogP contribution in [0.1, 0.15) is 37.9 Å². The lowest BCUT2D eigenvalue weighted by atomic mass is 10.0. The van der Waals surface area contributed by atoms with Crippen LogP contribution in [-0.2, 0) is 13.6 Å². The highest BCUT2D eigenvalue weighted by Gasteiger charge is 2.23. The number of hydrogen-bond donors (Lipinski definition) is 2. The standard InChI is InChI=1S/C23H35N7/c1-16(2)20(24)14-29-10-8-18(9-11-29)26-23-27-22-17(3)6-5-7-21(22)30(23)13-19-12-28(4)15-25-19/h5-7,12,15-16,18,20H,8-11,13-14,24H2,1-4H3,(H,26,27). The van der Waals surface area contributed by atoms with Crippen LogP contribution in [0.3, 0.4) is 0 Å². The van der Waals surface area contributed by atoms with E-state index >= 15 is 0 Å². The molecule has 2 aromatic heterocycles. The van der Waals surface area contributed by atoms with Crippen LogP contribution in [0.15, 0.2) is 30.7 Å². The van der Waals surface area contributed by atoms with E-state index in [1.807, 2.05) is 17.9 Å². The van der Waals surface area contributed by atoms with Gasteiger partial charge in [-0.05, 0) is 37.3 Å². The fourth-order valence-corrected chi connectivity index (χ4v) is 4.22. The van der Waals surface area contributed by atoms with E-state index in [2.05, 4.69) is 64.9 Å². The third kappa shape index (κ3) is 4.52. The number of fused-ring (bicyclic) bond motifs is 1. The zero-order valence-electron chi connectivity index (χ0n) is 18.7. The van der Waals surface area contributed by atoms with Crippen molar-refractivity contribution in [2.45, 2.75) is 52.2 Å². The molecule has 1 atom stereocenters. The van der Waals surface area contributed by atoms with Crippen molar-refractivity contribution in [2.75, 3.05) is 25.0 Å². The normalized spacial score (nSPS) is 17.1. The lowest BCUT2D eigenvalue weighted by Gasteiger charge is -2.34. The highest BCUT2D eigenvalue weighted by atomic mass is 15.2. The first kappa shape index (κ1) is 20.9. The number of aryl methyl sites for hydroxylation is 2. The Morgan fingerprint density at radius 1 is 1.23 bits per heavy atom. The molecular formula is C23H35N7. The fraction of sp³-hybridized carbons (Fsp3) is 0.565. The smallest absolute Gasteiger partial charge is 0.204 e. The number of para-hydroxylation sites is 1. The van der Waals surface area contributed by atoms with Crippen molar-refractivity contribution in [3.63, 3.8) is 0 Å². The van der Waals surface area contributed by atoms with Crippen molar-refractivity contribution in [1.82, 2.24) is 24.0 Å². The van der Waals surface area contributed by atoms with Gasteiger partial charge in [0, 0.05) is 45.0 Å². The van der Waals surface area contributed by atoms with E-state index in [1.165, 1.54) is 5.56 Å². The molecule has 0 radical (unpaired) electrons. The molecule has 162 valence electrons. The van der Waals surface area contributed by atoms with E-state index in [0.29, 0.717) is 18.5 Å². The number of nitrogens with two attached hydrogens (primary N) is 1. The van der Waals surface area contributed by atoms with Gasteiger partial charge in [-0.2, -0.15) is 0 Å². The molecule has 0 bridgehead atoms. The Bertz CT molecular complexity index is 979. The first-order chi connectivity index (χ1) is 14.4. The Morgan fingerprint density at radius 2 is 2.00 bits per heavy atom. The number of anilines is 1. The van der Waals surface area contributed by atoms with Gasteiger partial charge in [0.1, 0.15) is 0 Å². The van der Waals surface area contributed by atoms with Crippen molar-refractivity contribution in [2.24, 2.45) is 18.7 Å². The van der Waals surface area contributed by atoms with Gasteiger partial charge in [0.25, 0.3) is 0 Å². The molecule has 0 saturated carbocycles. The van der Waals surface area contributed by atoms with Gasteiger partial charge in [-0.25, -0.2) is 9.97 Å². The lowest BCUT2D eigenvalue weighted by Crippen LogP contribution is -2.46. The van der Waals surface area contributed by atoms with Gasteiger partial charge in [0.2, 0.25) is 5.95 Å². The first-order valence-corrected chi connectivity index (χ1v) is 11.1. The van der Waals surface area contributed by atoms with Gasteiger partial charge in [-0.1, -0.05) is 26.0 Å². The van der Waals surface area contributed by atoms with Crippen LogP contribution in [-0.4, -0.2) is 55.7 Å². The topological polar surface area (TPSA) is 76.9 Å². The van der Waals surface area contributed by atoms with Crippen LogP contribution < -0.4 is 11.1 Å². The second-order valence-electron chi connectivity index (χ2n) is 9.12. The molecule has 0 amide bonds. The minimum atomic E-state index is 0.250. The van der Waals surface area contributed by atoms with E-state index in [9.17, 15) is 0 Å². The molecule has 7 heteroatoms. The van der Waals surface area contributed by atoms with Gasteiger partial charge < -0.3 is 25.1 Å². The zero-order chi connectivity index (χ0) is 21.3. The van der Waals surface area contributed by atoms with Crippen molar-refractivity contribution in [3.05, 3.63) is 42.0 Å². The SMILES string of the molecule is Cc1cccc2c1nc(NC1CCN(CC(N)C(C)C)CC1)n2Cc1cn(C)cn1. The van der Waals surface area contributed by atoms with Gasteiger partial charge in [-0.15, -0.1) is 0 Å². The zero-order valence-corrected chi connectivity index (χ0v) is 18.7.